The molecule has 4 rings (SSSR count). The number of benzene rings is 2. The molecule has 2 heterocycles. The van der Waals surface area contributed by atoms with E-state index in [9.17, 15) is 13.6 Å². The van der Waals surface area contributed by atoms with Gasteiger partial charge in [-0.25, -0.2) is 8.78 Å². The van der Waals surface area contributed by atoms with Gasteiger partial charge in [-0.1, -0.05) is 12.1 Å². The molecule has 2 unspecified atom stereocenters. The highest BCUT2D eigenvalue weighted by atomic mass is 35.5. The Labute approximate surface area is 175 Å². The fourth-order valence-corrected chi connectivity index (χ4v) is 4.30. The van der Waals surface area contributed by atoms with E-state index in [1.165, 1.54) is 37.1 Å². The van der Waals surface area contributed by atoms with E-state index >= 15 is 0 Å². The fourth-order valence-electron chi connectivity index (χ4n) is 4.30. The van der Waals surface area contributed by atoms with Crippen LogP contribution in [0.25, 0.3) is 0 Å². The number of piperidine rings is 1. The smallest absolute Gasteiger partial charge is 0.224 e. The molecule has 2 aliphatic rings. The normalized spacial score (nSPS) is 22.6. The average molecular weight is 423 g/mol. The Morgan fingerprint density at radius 2 is 1.86 bits per heavy atom. The van der Waals surface area contributed by atoms with Crippen LogP contribution in [0.15, 0.2) is 42.5 Å². The number of fused-ring (bicyclic) bond motifs is 2. The Bertz CT molecular complexity index is 852. The zero-order valence-electron chi connectivity index (χ0n) is 16.0. The molecule has 0 aromatic heterocycles. The van der Waals surface area contributed by atoms with E-state index in [0.717, 1.165) is 12.8 Å². The molecule has 2 aromatic rings. The lowest BCUT2D eigenvalue weighted by Crippen LogP contribution is -2.39. The lowest BCUT2D eigenvalue weighted by molar-refractivity contribution is -0.117. The minimum atomic E-state index is -0.561. The largest absolute Gasteiger partial charge is 0.486 e. The number of rotatable bonds is 6. The molecular formula is C22H25ClF2N2O2. The molecule has 0 aliphatic carbocycles. The van der Waals surface area contributed by atoms with Crippen molar-refractivity contribution in [3.63, 3.8) is 0 Å². The van der Waals surface area contributed by atoms with Gasteiger partial charge in [0.05, 0.1) is 0 Å². The molecule has 0 saturated carbocycles. The molecule has 2 atom stereocenters. The zero-order chi connectivity index (χ0) is 19.5. The van der Waals surface area contributed by atoms with E-state index in [4.69, 9.17) is 4.74 Å². The van der Waals surface area contributed by atoms with Crippen LogP contribution in [0.2, 0.25) is 0 Å². The average Bonchev–Trinajstić information content (AvgIpc) is 2.99. The van der Waals surface area contributed by atoms with Gasteiger partial charge in [-0.3, -0.25) is 4.79 Å². The van der Waals surface area contributed by atoms with Gasteiger partial charge in [0.15, 0.2) is 11.6 Å². The van der Waals surface area contributed by atoms with Crippen LogP contribution in [0.3, 0.4) is 0 Å². The molecule has 1 amide bonds. The molecule has 2 fully saturated rings. The Hall–Kier alpha value is -2.18. The van der Waals surface area contributed by atoms with Crippen LogP contribution in [-0.2, 0) is 11.4 Å². The van der Waals surface area contributed by atoms with E-state index in [-0.39, 0.29) is 36.5 Å². The number of halogens is 3. The van der Waals surface area contributed by atoms with Gasteiger partial charge < -0.3 is 15.4 Å². The van der Waals surface area contributed by atoms with Gasteiger partial charge >= 0.3 is 0 Å². The molecule has 2 aliphatic heterocycles. The van der Waals surface area contributed by atoms with Crippen LogP contribution in [0.1, 0.15) is 37.7 Å². The molecular weight excluding hydrogens is 398 g/mol. The maximum absolute atomic E-state index is 14.3. The van der Waals surface area contributed by atoms with Crippen molar-refractivity contribution in [1.82, 2.24) is 5.32 Å². The van der Waals surface area contributed by atoms with Gasteiger partial charge in [0.25, 0.3) is 0 Å². The number of anilines is 1. The first kappa shape index (κ1) is 21.5. The minimum absolute atomic E-state index is 0. The molecule has 29 heavy (non-hydrogen) atoms. The second-order valence-electron chi connectivity index (χ2n) is 7.79. The maximum atomic E-state index is 14.3. The maximum Gasteiger partial charge on any atom is 0.224 e. The van der Waals surface area contributed by atoms with Gasteiger partial charge in [0.1, 0.15) is 12.4 Å². The van der Waals surface area contributed by atoms with Crippen molar-refractivity contribution in [3.8, 4) is 5.75 Å². The summed E-state index contributed by atoms with van der Waals surface area (Å²) in [5, 5.41) is 6.35. The number of ether oxygens (including phenoxy) is 1. The fraction of sp³-hybridized carbons (Fsp3) is 0.409. The van der Waals surface area contributed by atoms with Crippen molar-refractivity contribution in [2.45, 2.75) is 50.8 Å². The van der Waals surface area contributed by atoms with Crippen molar-refractivity contribution in [2.75, 3.05) is 5.32 Å². The molecule has 0 radical (unpaired) electrons. The highest BCUT2D eigenvalue weighted by Gasteiger charge is 2.34. The predicted octanol–water partition coefficient (Wildman–Crippen LogP) is 4.82. The summed E-state index contributed by atoms with van der Waals surface area (Å²) in [6.45, 7) is 0.0679. The number of nitrogens with one attached hydrogen (secondary N) is 2. The summed E-state index contributed by atoms with van der Waals surface area (Å²) in [7, 11) is 0. The third-order valence-electron chi connectivity index (χ3n) is 5.54. The number of hydrogen-bond donors (Lipinski definition) is 2. The second kappa shape index (κ2) is 9.55. The number of amides is 1. The van der Waals surface area contributed by atoms with Crippen molar-refractivity contribution in [1.29, 1.82) is 0 Å². The summed E-state index contributed by atoms with van der Waals surface area (Å²) in [5.74, 6) is -0.552. The first-order chi connectivity index (χ1) is 13.5. The van der Waals surface area contributed by atoms with E-state index in [1.54, 1.807) is 18.2 Å². The molecule has 4 nitrogen and oxygen atoms in total. The summed E-state index contributed by atoms with van der Waals surface area (Å²) < 4.78 is 32.9. The molecule has 156 valence electrons. The van der Waals surface area contributed by atoms with Crippen molar-refractivity contribution in [3.05, 3.63) is 59.7 Å². The zero-order valence-corrected chi connectivity index (χ0v) is 16.8. The summed E-state index contributed by atoms with van der Waals surface area (Å²) in [6.07, 6.45) is 4.93. The molecule has 2 N–H and O–H groups in total. The number of carbonyl (C=O) groups excluding carboxylic acids is 1. The third kappa shape index (κ3) is 5.67. The van der Waals surface area contributed by atoms with Crippen molar-refractivity contribution in [2.24, 2.45) is 5.92 Å². The minimum Gasteiger partial charge on any atom is -0.486 e. The highest BCUT2D eigenvalue weighted by molar-refractivity contribution is 5.90. The van der Waals surface area contributed by atoms with E-state index in [1.807, 2.05) is 0 Å². The Balaban J connectivity index is 0.00000240. The van der Waals surface area contributed by atoms with Gasteiger partial charge in [-0.2, -0.15) is 0 Å². The summed E-state index contributed by atoms with van der Waals surface area (Å²) >= 11 is 0. The molecule has 0 spiro atoms. The van der Waals surface area contributed by atoms with Crippen LogP contribution in [-0.4, -0.2) is 18.0 Å². The van der Waals surface area contributed by atoms with Crippen LogP contribution in [0.4, 0.5) is 14.5 Å². The highest BCUT2D eigenvalue weighted by Crippen LogP contribution is 2.33. The molecule has 7 heteroatoms. The quantitative estimate of drug-likeness (QED) is 0.701. The molecule has 2 saturated heterocycles. The number of carbonyl (C=O) groups is 1. The summed E-state index contributed by atoms with van der Waals surface area (Å²) in [6, 6.07) is 11.4. The van der Waals surface area contributed by atoms with Crippen LogP contribution < -0.4 is 15.4 Å². The van der Waals surface area contributed by atoms with E-state index in [2.05, 4.69) is 10.6 Å². The predicted molar refractivity (Wildman–Crippen MR) is 110 cm³/mol. The van der Waals surface area contributed by atoms with E-state index < -0.39 is 5.82 Å². The Morgan fingerprint density at radius 1 is 1.10 bits per heavy atom. The monoisotopic (exact) mass is 422 g/mol. The van der Waals surface area contributed by atoms with Crippen molar-refractivity contribution >= 4 is 24.0 Å². The topological polar surface area (TPSA) is 50.4 Å². The van der Waals surface area contributed by atoms with Gasteiger partial charge in [-0.05, 0) is 61.4 Å². The summed E-state index contributed by atoms with van der Waals surface area (Å²) in [4.78, 5) is 12.3. The van der Waals surface area contributed by atoms with Gasteiger partial charge in [-0.15, -0.1) is 12.4 Å². The first-order valence-electron chi connectivity index (χ1n) is 9.78. The Kier molecular flexibility index (Phi) is 7.09. The van der Waals surface area contributed by atoms with Crippen LogP contribution in [0.5, 0.6) is 5.75 Å². The van der Waals surface area contributed by atoms with Gasteiger partial charge in [0, 0.05) is 30.3 Å². The molecule has 2 bridgehead atoms. The van der Waals surface area contributed by atoms with Crippen LogP contribution >= 0.6 is 12.4 Å². The van der Waals surface area contributed by atoms with Crippen LogP contribution in [0, 0.1) is 17.6 Å². The third-order valence-corrected chi connectivity index (χ3v) is 5.54. The SMILES string of the molecule is Cl.O=C(CC1CC2CCC(C1)N2)Nc1ccc(OCc2cccc(F)c2)c(F)c1. The lowest BCUT2D eigenvalue weighted by Gasteiger charge is -2.28. The number of hydrogen-bond acceptors (Lipinski definition) is 3. The Morgan fingerprint density at radius 3 is 2.55 bits per heavy atom. The first-order valence-corrected chi connectivity index (χ1v) is 9.78. The summed E-state index contributed by atoms with van der Waals surface area (Å²) in [5.41, 5.74) is 1.03. The van der Waals surface area contributed by atoms with Crippen molar-refractivity contribution < 1.29 is 18.3 Å². The van der Waals surface area contributed by atoms with Gasteiger partial charge in [0.2, 0.25) is 5.91 Å². The molecule has 2 aromatic carbocycles. The lowest BCUT2D eigenvalue weighted by atomic mass is 9.89. The standard InChI is InChI=1S/C22H24F2N2O2.ClH/c23-16-3-1-2-14(8-16)13-28-21-7-6-19(12-20(21)24)26-22(27)11-15-9-17-4-5-18(10-15)25-17;/h1-3,6-8,12,15,17-18,25H,4-5,9-11,13H2,(H,26,27);1H. The van der Waals surface area contributed by atoms with E-state index in [0.29, 0.717) is 35.7 Å². The second-order valence-corrected chi connectivity index (χ2v) is 7.79.